The van der Waals surface area contributed by atoms with Crippen LogP contribution < -0.4 is 5.56 Å². The highest BCUT2D eigenvalue weighted by atomic mass is 127. The van der Waals surface area contributed by atoms with Crippen LogP contribution in [0.4, 0.5) is 0 Å². The Hall–Kier alpha value is -0.360. The van der Waals surface area contributed by atoms with E-state index in [9.17, 15) is 4.79 Å². The van der Waals surface area contributed by atoms with Crippen LogP contribution in [0.2, 0.25) is 0 Å². The first-order valence-electron chi connectivity index (χ1n) is 5.17. The average Bonchev–Trinajstić information content (AvgIpc) is 2.59. The Morgan fingerprint density at radius 2 is 2.40 bits per heavy atom. The minimum atomic E-state index is 0.0845. The second-order valence-electron chi connectivity index (χ2n) is 3.96. The van der Waals surface area contributed by atoms with E-state index in [0.29, 0.717) is 12.6 Å². The van der Waals surface area contributed by atoms with E-state index in [1.165, 1.54) is 0 Å². The van der Waals surface area contributed by atoms with Gasteiger partial charge in [-0.15, -0.1) is 0 Å². The van der Waals surface area contributed by atoms with E-state index in [0.717, 1.165) is 16.4 Å². The van der Waals surface area contributed by atoms with E-state index >= 15 is 0 Å². The minimum absolute atomic E-state index is 0.0845. The van der Waals surface area contributed by atoms with Gasteiger partial charge in [0, 0.05) is 6.20 Å². The van der Waals surface area contributed by atoms with Crippen LogP contribution in [0.3, 0.4) is 0 Å². The number of hydrogen-bond acceptors (Lipinski definition) is 2. The summed E-state index contributed by atoms with van der Waals surface area (Å²) in [7, 11) is 0. The zero-order valence-corrected chi connectivity index (χ0v) is 10.8. The molecule has 82 valence electrons. The summed E-state index contributed by atoms with van der Waals surface area (Å²) >= 11 is 2.07. The lowest BCUT2D eigenvalue weighted by atomic mass is 10.2. The van der Waals surface area contributed by atoms with Crippen LogP contribution in [0.25, 0.3) is 0 Å². The summed E-state index contributed by atoms with van der Waals surface area (Å²) in [5.74, 6) is 0. The largest absolute Gasteiger partial charge is 0.373 e. The van der Waals surface area contributed by atoms with Gasteiger partial charge in [-0.25, -0.2) is 0 Å². The van der Waals surface area contributed by atoms with Crippen LogP contribution in [0.15, 0.2) is 23.1 Å². The SMILES string of the molecule is CC1CCC(Cn2cccc(I)c2=O)O1. The van der Waals surface area contributed by atoms with E-state index in [1.807, 2.05) is 18.3 Å². The van der Waals surface area contributed by atoms with Gasteiger partial charge in [-0.3, -0.25) is 4.79 Å². The van der Waals surface area contributed by atoms with Gasteiger partial charge in [-0.05, 0) is 54.5 Å². The Balaban J connectivity index is 2.11. The Kier molecular flexibility index (Phi) is 3.45. The van der Waals surface area contributed by atoms with E-state index in [1.54, 1.807) is 4.57 Å². The lowest BCUT2D eigenvalue weighted by molar-refractivity contribution is 0.0451. The van der Waals surface area contributed by atoms with Crippen LogP contribution >= 0.6 is 22.6 Å². The number of ether oxygens (including phenoxy) is 1. The van der Waals surface area contributed by atoms with Crippen molar-refractivity contribution in [3.63, 3.8) is 0 Å². The van der Waals surface area contributed by atoms with E-state index in [-0.39, 0.29) is 11.7 Å². The van der Waals surface area contributed by atoms with Gasteiger partial charge in [0.15, 0.2) is 0 Å². The summed E-state index contributed by atoms with van der Waals surface area (Å²) in [6, 6.07) is 3.74. The Morgan fingerprint density at radius 3 is 3.07 bits per heavy atom. The molecule has 1 saturated heterocycles. The average molecular weight is 319 g/mol. The van der Waals surface area contributed by atoms with E-state index < -0.39 is 0 Å². The summed E-state index contributed by atoms with van der Waals surface area (Å²) in [6.45, 7) is 2.76. The first kappa shape index (κ1) is 11.1. The van der Waals surface area contributed by atoms with Crippen molar-refractivity contribution in [2.75, 3.05) is 0 Å². The number of aromatic nitrogens is 1. The third-order valence-corrected chi connectivity index (χ3v) is 3.51. The molecular weight excluding hydrogens is 305 g/mol. The molecule has 0 aromatic carbocycles. The highest BCUT2D eigenvalue weighted by Crippen LogP contribution is 2.19. The molecule has 2 heterocycles. The van der Waals surface area contributed by atoms with Crippen LogP contribution in [0, 0.1) is 3.57 Å². The lowest BCUT2D eigenvalue weighted by Crippen LogP contribution is -2.27. The monoisotopic (exact) mass is 319 g/mol. The summed E-state index contributed by atoms with van der Waals surface area (Å²) in [4.78, 5) is 11.7. The molecule has 0 radical (unpaired) electrons. The van der Waals surface area contributed by atoms with Gasteiger partial charge in [-0.1, -0.05) is 0 Å². The van der Waals surface area contributed by atoms with Crippen LogP contribution in [-0.2, 0) is 11.3 Å². The maximum Gasteiger partial charge on any atom is 0.264 e. The van der Waals surface area contributed by atoms with Crippen molar-refractivity contribution in [3.8, 4) is 0 Å². The normalized spacial score (nSPS) is 25.7. The molecule has 2 atom stereocenters. The van der Waals surface area contributed by atoms with Crippen molar-refractivity contribution < 1.29 is 4.74 Å². The fourth-order valence-electron chi connectivity index (χ4n) is 1.89. The molecule has 15 heavy (non-hydrogen) atoms. The highest BCUT2D eigenvalue weighted by Gasteiger charge is 2.22. The van der Waals surface area contributed by atoms with Crippen molar-refractivity contribution in [2.24, 2.45) is 0 Å². The third-order valence-electron chi connectivity index (χ3n) is 2.69. The van der Waals surface area contributed by atoms with Gasteiger partial charge in [0.25, 0.3) is 5.56 Å². The van der Waals surface area contributed by atoms with Crippen molar-refractivity contribution in [3.05, 3.63) is 32.3 Å². The summed E-state index contributed by atoms with van der Waals surface area (Å²) < 4.78 is 8.20. The number of nitrogens with zero attached hydrogens (tertiary/aromatic N) is 1. The van der Waals surface area contributed by atoms with Crippen molar-refractivity contribution in [1.29, 1.82) is 0 Å². The highest BCUT2D eigenvalue weighted by molar-refractivity contribution is 14.1. The van der Waals surface area contributed by atoms with Gasteiger partial charge in [-0.2, -0.15) is 0 Å². The molecule has 3 nitrogen and oxygen atoms in total. The predicted octanol–water partition coefficient (Wildman–Crippen LogP) is 2.02. The maximum absolute atomic E-state index is 11.7. The zero-order valence-electron chi connectivity index (χ0n) is 8.65. The summed E-state index contributed by atoms with van der Waals surface area (Å²) in [5, 5.41) is 0. The molecule has 1 aliphatic heterocycles. The van der Waals surface area contributed by atoms with Crippen molar-refractivity contribution in [2.45, 2.75) is 38.5 Å². The topological polar surface area (TPSA) is 31.2 Å². The summed E-state index contributed by atoms with van der Waals surface area (Å²) in [5.41, 5.74) is 0.0845. The molecule has 1 aliphatic rings. The van der Waals surface area contributed by atoms with Gasteiger partial charge < -0.3 is 9.30 Å². The molecule has 0 amide bonds. The second kappa shape index (κ2) is 4.65. The molecule has 1 aromatic rings. The first-order chi connectivity index (χ1) is 7.16. The molecule has 0 N–H and O–H groups in total. The first-order valence-corrected chi connectivity index (χ1v) is 6.25. The van der Waals surface area contributed by atoms with Crippen LogP contribution in [-0.4, -0.2) is 16.8 Å². The molecule has 4 heteroatoms. The van der Waals surface area contributed by atoms with Crippen molar-refractivity contribution >= 4 is 22.6 Å². The van der Waals surface area contributed by atoms with Crippen molar-refractivity contribution in [1.82, 2.24) is 4.57 Å². The molecule has 2 rings (SSSR count). The molecule has 0 saturated carbocycles. The molecule has 1 aromatic heterocycles. The zero-order chi connectivity index (χ0) is 10.8. The smallest absolute Gasteiger partial charge is 0.264 e. The van der Waals surface area contributed by atoms with Gasteiger partial charge in [0.2, 0.25) is 0 Å². The Morgan fingerprint density at radius 1 is 1.60 bits per heavy atom. The molecule has 1 fully saturated rings. The molecule has 0 bridgehead atoms. The molecule has 0 aliphatic carbocycles. The molecular formula is C11H14INO2. The van der Waals surface area contributed by atoms with Gasteiger partial charge in [0.05, 0.1) is 22.3 Å². The van der Waals surface area contributed by atoms with Gasteiger partial charge >= 0.3 is 0 Å². The van der Waals surface area contributed by atoms with Crippen LogP contribution in [0.1, 0.15) is 19.8 Å². The number of halogens is 1. The molecule has 2 unspecified atom stereocenters. The molecule has 0 spiro atoms. The van der Waals surface area contributed by atoms with E-state index in [2.05, 4.69) is 29.5 Å². The second-order valence-corrected chi connectivity index (χ2v) is 5.12. The maximum atomic E-state index is 11.7. The fraction of sp³-hybridized carbons (Fsp3) is 0.545. The standard InChI is InChI=1S/C11H14INO2/c1-8-4-5-9(15-8)7-13-6-2-3-10(12)11(13)14/h2-3,6,8-9H,4-5,7H2,1H3. The minimum Gasteiger partial charge on any atom is -0.373 e. The predicted molar refractivity (Wildman–Crippen MR) is 67.0 cm³/mol. The quantitative estimate of drug-likeness (QED) is 0.781. The number of rotatable bonds is 2. The number of pyridine rings is 1. The van der Waals surface area contributed by atoms with Gasteiger partial charge in [0.1, 0.15) is 0 Å². The van der Waals surface area contributed by atoms with Crippen LogP contribution in [0.5, 0.6) is 0 Å². The Labute approximate surface area is 103 Å². The number of hydrogen-bond donors (Lipinski definition) is 0. The fourth-order valence-corrected chi connectivity index (χ4v) is 2.41. The lowest BCUT2D eigenvalue weighted by Gasteiger charge is -2.12. The summed E-state index contributed by atoms with van der Waals surface area (Å²) in [6.07, 6.45) is 4.53. The van der Waals surface area contributed by atoms with E-state index in [4.69, 9.17) is 4.74 Å². The Bertz CT molecular complexity index is 402. The third kappa shape index (κ3) is 2.60.